The number of carboxylic acids is 1. The summed E-state index contributed by atoms with van der Waals surface area (Å²) in [5.74, 6) is -1.08. The average molecular weight is 271 g/mol. The molecule has 1 aromatic carbocycles. The molecule has 0 aromatic heterocycles. The second kappa shape index (κ2) is 6.01. The smallest absolute Gasteiger partial charge is 0.332 e. The van der Waals surface area contributed by atoms with Crippen molar-refractivity contribution in [3.05, 3.63) is 27.8 Å². The summed E-state index contributed by atoms with van der Waals surface area (Å²) in [6.07, 6.45) is -2.12. The number of aliphatic carboxylic acids is 1. The van der Waals surface area contributed by atoms with Gasteiger partial charge in [0.25, 0.3) is 5.69 Å². The summed E-state index contributed by atoms with van der Waals surface area (Å²) in [5, 5.41) is 28.8. The van der Waals surface area contributed by atoms with Crippen LogP contribution in [0.4, 0.5) is 5.69 Å². The molecule has 19 heavy (non-hydrogen) atoms. The van der Waals surface area contributed by atoms with Gasteiger partial charge in [0.15, 0.2) is 17.6 Å². The summed E-state index contributed by atoms with van der Waals surface area (Å²) >= 11 is 0. The van der Waals surface area contributed by atoms with E-state index in [4.69, 9.17) is 14.6 Å². The van der Waals surface area contributed by atoms with Crippen molar-refractivity contribution in [1.82, 2.24) is 0 Å². The molecular formula is C11H13NO7. The topological polar surface area (TPSA) is 119 Å². The number of carbonyl (C=O) groups is 1. The van der Waals surface area contributed by atoms with Crippen LogP contribution >= 0.6 is 0 Å². The fraction of sp³-hybridized carbons (Fsp3) is 0.364. The van der Waals surface area contributed by atoms with Crippen molar-refractivity contribution in [2.75, 3.05) is 14.2 Å². The lowest BCUT2D eigenvalue weighted by molar-refractivity contribution is -0.385. The number of nitrogens with zero attached hydrogens (tertiary/aromatic N) is 1. The van der Waals surface area contributed by atoms with Crippen LogP contribution in [-0.2, 0) is 11.2 Å². The second-order valence-corrected chi connectivity index (χ2v) is 3.65. The Balaban J connectivity index is 3.27. The van der Waals surface area contributed by atoms with Crippen molar-refractivity contribution in [1.29, 1.82) is 0 Å². The molecule has 0 radical (unpaired) electrons. The minimum absolute atomic E-state index is 0.0533. The van der Waals surface area contributed by atoms with Gasteiger partial charge in [0, 0.05) is 12.0 Å². The molecule has 1 unspecified atom stereocenters. The molecule has 8 nitrogen and oxygen atoms in total. The molecule has 8 heteroatoms. The Morgan fingerprint density at radius 1 is 1.37 bits per heavy atom. The number of hydrogen-bond donors (Lipinski definition) is 2. The van der Waals surface area contributed by atoms with Crippen LogP contribution in [0.5, 0.6) is 11.5 Å². The first-order valence-electron chi connectivity index (χ1n) is 5.20. The van der Waals surface area contributed by atoms with Gasteiger partial charge in [-0.3, -0.25) is 10.1 Å². The summed E-state index contributed by atoms with van der Waals surface area (Å²) in [4.78, 5) is 20.8. The molecule has 0 saturated heterocycles. The number of aliphatic hydroxyl groups is 1. The highest BCUT2D eigenvalue weighted by molar-refractivity contribution is 5.73. The Bertz CT molecular complexity index is 500. The summed E-state index contributed by atoms with van der Waals surface area (Å²) in [6, 6.07) is 2.41. The van der Waals surface area contributed by atoms with E-state index in [1.165, 1.54) is 20.3 Å². The van der Waals surface area contributed by atoms with Gasteiger partial charge in [-0.1, -0.05) is 0 Å². The van der Waals surface area contributed by atoms with E-state index in [0.29, 0.717) is 0 Å². The van der Waals surface area contributed by atoms with E-state index < -0.39 is 23.4 Å². The highest BCUT2D eigenvalue weighted by Gasteiger charge is 2.24. The third kappa shape index (κ3) is 3.32. The van der Waals surface area contributed by atoms with E-state index in [1.807, 2.05) is 0 Å². The maximum absolute atomic E-state index is 10.9. The molecule has 0 saturated carbocycles. The summed E-state index contributed by atoms with van der Waals surface area (Å²) in [7, 11) is 2.68. The van der Waals surface area contributed by atoms with Crippen LogP contribution < -0.4 is 9.47 Å². The third-order valence-corrected chi connectivity index (χ3v) is 2.48. The molecule has 0 fully saturated rings. The fourth-order valence-corrected chi connectivity index (χ4v) is 1.54. The van der Waals surface area contributed by atoms with Crippen molar-refractivity contribution in [3.63, 3.8) is 0 Å². The van der Waals surface area contributed by atoms with Gasteiger partial charge in [-0.25, -0.2) is 4.79 Å². The number of ether oxygens (including phenoxy) is 2. The lowest BCUT2D eigenvalue weighted by atomic mass is 10.0. The maximum Gasteiger partial charge on any atom is 0.332 e. The Morgan fingerprint density at radius 3 is 2.32 bits per heavy atom. The lowest BCUT2D eigenvalue weighted by Crippen LogP contribution is -2.22. The molecule has 0 aliphatic heterocycles. The number of aliphatic hydroxyl groups excluding tert-OH is 1. The number of nitro groups is 1. The summed E-state index contributed by atoms with van der Waals surface area (Å²) in [5.41, 5.74) is -0.282. The van der Waals surface area contributed by atoms with Gasteiger partial charge in [-0.2, -0.15) is 0 Å². The molecule has 104 valence electrons. The van der Waals surface area contributed by atoms with E-state index in [2.05, 4.69) is 0 Å². The van der Waals surface area contributed by atoms with Crippen molar-refractivity contribution >= 4 is 11.7 Å². The highest BCUT2D eigenvalue weighted by Crippen LogP contribution is 2.35. The van der Waals surface area contributed by atoms with Gasteiger partial charge >= 0.3 is 5.97 Å². The van der Waals surface area contributed by atoms with Gasteiger partial charge in [-0.15, -0.1) is 0 Å². The van der Waals surface area contributed by atoms with E-state index >= 15 is 0 Å². The average Bonchev–Trinajstić information content (AvgIpc) is 2.37. The number of benzene rings is 1. The van der Waals surface area contributed by atoms with Crippen LogP contribution in [0.3, 0.4) is 0 Å². The molecular weight excluding hydrogens is 258 g/mol. The predicted molar refractivity (Wildman–Crippen MR) is 63.5 cm³/mol. The van der Waals surface area contributed by atoms with Gasteiger partial charge in [-0.05, 0) is 6.07 Å². The molecule has 1 atom stereocenters. The summed E-state index contributed by atoms with van der Waals surface area (Å²) in [6.45, 7) is 0. The zero-order valence-corrected chi connectivity index (χ0v) is 10.3. The number of rotatable bonds is 6. The quantitative estimate of drug-likeness (QED) is 0.574. The SMILES string of the molecule is COc1cc(CC(O)C(=O)O)c([N+](=O)[O-])cc1OC. The van der Waals surface area contributed by atoms with Crippen LogP contribution in [0.25, 0.3) is 0 Å². The largest absolute Gasteiger partial charge is 0.493 e. The molecule has 1 aromatic rings. The molecule has 0 spiro atoms. The Labute approximate surface area is 108 Å². The van der Waals surface area contributed by atoms with Gasteiger partial charge in [0.1, 0.15) is 0 Å². The van der Waals surface area contributed by atoms with Crippen molar-refractivity contribution in [2.45, 2.75) is 12.5 Å². The van der Waals surface area contributed by atoms with E-state index in [1.54, 1.807) is 0 Å². The minimum Gasteiger partial charge on any atom is -0.493 e. The van der Waals surface area contributed by atoms with Crippen molar-refractivity contribution < 1.29 is 29.4 Å². The first-order chi connectivity index (χ1) is 8.90. The second-order valence-electron chi connectivity index (χ2n) is 3.65. The molecule has 0 aliphatic carbocycles. The third-order valence-electron chi connectivity index (χ3n) is 2.48. The summed E-state index contributed by atoms with van der Waals surface area (Å²) < 4.78 is 9.90. The van der Waals surface area contributed by atoms with Gasteiger partial charge in [0.05, 0.1) is 25.2 Å². The van der Waals surface area contributed by atoms with E-state index in [0.717, 1.165) is 6.07 Å². The van der Waals surface area contributed by atoms with Crippen LogP contribution in [0.1, 0.15) is 5.56 Å². The molecule has 1 rings (SSSR count). The zero-order valence-electron chi connectivity index (χ0n) is 10.3. The van der Waals surface area contributed by atoms with E-state index in [9.17, 15) is 20.0 Å². The lowest BCUT2D eigenvalue weighted by Gasteiger charge is -2.11. The predicted octanol–water partition coefficient (Wildman–Crippen LogP) is 0.600. The molecule has 2 N–H and O–H groups in total. The Morgan fingerprint density at radius 2 is 1.89 bits per heavy atom. The first-order valence-corrected chi connectivity index (χ1v) is 5.20. The van der Waals surface area contributed by atoms with Crippen LogP contribution in [-0.4, -0.2) is 41.4 Å². The number of hydrogen-bond acceptors (Lipinski definition) is 6. The molecule has 0 bridgehead atoms. The number of methoxy groups -OCH3 is 2. The zero-order chi connectivity index (χ0) is 14.6. The normalized spacial score (nSPS) is 11.7. The van der Waals surface area contributed by atoms with Crippen LogP contribution in [0.15, 0.2) is 12.1 Å². The first kappa shape index (κ1) is 14.7. The van der Waals surface area contributed by atoms with Crippen molar-refractivity contribution in [2.24, 2.45) is 0 Å². The number of carboxylic acid groups (broad SMARTS) is 1. The molecule has 0 heterocycles. The van der Waals surface area contributed by atoms with Crippen molar-refractivity contribution in [3.8, 4) is 11.5 Å². The van der Waals surface area contributed by atoms with E-state index in [-0.39, 0.29) is 22.7 Å². The maximum atomic E-state index is 10.9. The highest BCUT2D eigenvalue weighted by atomic mass is 16.6. The van der Waals surface area contributed by atoms with Gasteiger partial charge < -0.3 is 19.7 Å². The fourth-order valence-electron chi connectivity index (χ4n) is 1.54. The van der Waals surface area contributed by atoms with Crippen LogP contribution in [0.2, 0.25) is 0 Å². The monoisotopic (exact) mass is 271 g/mol. The molecule has 0 aliphatic rings. The minimum atomic E-state index is -1.73. The molecule has 0 amide bonds. The standard InChI is InChI=1S/C11H13NO7/c1-18-9-4-6(3-8(13)11(14)15)7(12(16)17)5-10(9)19-2/h4-5,8,13H,3H2,1-2H3,(H,14,15). The Kier molecular flexibility index (Phi) is 4.65. The van der Waals surface area contributed by atoms with Gasteiger partial charge in [0.2, 0.25) is 0 Å². The number of nitro benzene ring substituents is 1. The van der Waals surface area contributed by atoms with Crippen LogP contribution in [0, 0.1) is 10.1 Å². The Hall–Kier alpha value is -2.35.